The van der Waals surface area contributed by atoms with E-state index < -0.39 is 0 Å². The molecule has 0 unspecified atom stereocenters. The molecule has 0 spiro atoms. The molecule has 3 heterocycles. The summed E-state index contributed by atoms with van der Waals surface area (Å²) in [4.78, 5) is 35.1. The molecule has 3 rings (SSSR count). The number of nitrogens with one attached hydrogen (secondary N) is 1. The summed E-state index contributed by atoms with van der Waals surface area (Å²) < 4.78 is 1.71. The Balaban J connectivity index is 1.97. The predicted octanol–water partition coefficient (Wildman–Crippen LogP) is -0.0871. The van der Waals surface area contributed by atoms with Gasteiger partial charge in [0.1, 0.15) is 11.8 Å². The second-order valence-corrected chi connectivity index (χ2v) is 4.43. The van der Waals surface area contributed by atoms with E-state index in [0.717, 1.165) is 24.8 Å². The molecule has 0 aromatic carbocycles. The first-order valence-electron chi connectivity index (χ1n) is 5.89. The van der Waals surface area contributed by atoms with Gasteiger partial charge in [-0.1, -0.05) is 0 Å². The normalized spacial score (nSPS) is 17.2. The molecule has 1 aliphatic heterocycles. The summed E-state index contributed by atoms with van der Waals surface area (Å²) in [5.41, 5.74) is 1.13. The lowest BCUT2D eigenvalue weighted by Gasteiger charge is -2.29. The monoisotopic (exact) mass is 247 g/mol. The zero-order valence-corrected chi connectivity index (χ0v) is 9.74. The Bertz CT molecular complexity index is 624. The second kappa shape index (κ2) is 4.25. The van der Waals surface area contributed by atoms with E-state index in [0.29, 0.717) is 18.7 Å². The third kappa shape index (κ3) is 1.68. The van der Waals surface area contributed by atoms with Crippen molar-refractivity contribution in [1.82, 2.24) is 24.4 Å². The van der Waals surface area contributed by atoms with Gasteiger partial charge in [0, 0.05) is 19.1 Å². The molecule has 7 heteroatoms. The summed E-state index contributed by atoms with van der Waals surface area (Å²) in [6.45, 7) is 1.36. The first-order valence-corrected chi connectivity index (χ1v) is 5.89. The highest BCUT2D eigenvalue weighted by molar-refractivity contribution is 5.69. The van der Waals surface area contributed by atoms with Crippen LogP contribution in [0, 0.1) is 0 Å². The first kappa shape index (κ1) is 10.9. The molecule has 1 amide bonds. The molecule has 0 saturated carbocycles. The molecule has 2 aromatic heterocycles. The van der Waals surface area contributed by atoms with E-state index >= 15 is 0 Å². The number of nitrogens with zero attached hydrogens (tertiary/aromatic N) is 4. The molecule has 0 radical (unpaired) electrons. The maximum atomic E-state index is 11.9. The van der Waals surface area contributed by atoms with Crippen LogP contribution in [-0.2, 0) is 4.79 Å². The maximum absolute atomic E-state index is 11.9. The molecular weight excluding hydrogens is 234 g/mol. The number of carbonyl (C=O) groups is 1. The summed E-state index contributed by atoms with van der Waals surface area (Å²) >= 11 is 0. The Morgan fingerprint density at radius 3 is 2.89 bits per heavy atom. The quantitative estimate of drug-likeness (QED) is 0.752. The van der Waals surface area contributed by atoms with Crippen molar-refractivity contribution in [2.45, 2.75) is 18.9 Å². The van der Waals surface area contributed by atoms with Gasteiger partial charge in [-0.2, -0.15) is 0 Å². The highest BCUT2D eigenvalue weighted by Gasteiger charge is 2.23. The molecule has 18 heavy (non-hydrogen) atoms. The number of imidazole rings is 1. The van der Waals surface area contributed by atoms with Gasteiger partial charge in [-0.15, -0.1) is 0 Å². The highest BCUT2D eigenvalue weighted by Crippen LogP contribution is 2.23. The van der Waals surface area contributed by atoms with E-state index in [1.807, 2.05) is 0 Å². The van der Waals surface area contributed by atoms with Crippen LogP contribution in [0.4, 0.5) is 0 Å². The Morgan fingerprint density at radius 2 is 2.17 bits per heavy atom. The van der Waals surface area contributed by atoms with E-state index in [1.54, 1.807) is 15.7 Å². The second-order valence-electron chi connectivity index (χ2n) is 4.43. The molecule has 0 aliphatic carbocycles. The number of hydrogen-bond donors (Lipinski definition) is 1. The fraction of sp³-hybridized carbons (Fsp3) is 0.455. The van der Waals surface area contributed by atoms with Crippen LogP contribution in [0.5, 0.6) is 0 Å². The number of fused-ring (bicyclic) bond motifs is 1. The van der Waals surface area contributed by atoms with Crippen molar-refractivity contribution in [2.75, 3.05) is 13.1 Å². The van der Waals surface area contributed by atoms with Crippen molar-refractivity contribution >= 4 is 17.6 Å². The lowest BCUT2D eigenvalue weighted by Crippen LogP contribution is -2.36. The van der Waals surface area contributed by atoms with Gasteiger partial charge in [0.2, 0.25) is 6.41 Å². The van der Waals surface area contributed by atoms with Gasteiger partial charge in [-0.05, 0) is 12.8 Å². The number of H-pyrrole nitrogens is 1. The molecule has 2 aromatic rings. The summed E-state index contributed by atoms with van der Waals surface area (Å²) in [5, 5.41) is 0. The summed E-state index contributed by atoms with van der Waals surface area (Å²) in [6.07, 6.45) is 5.47. The largest absolute Gasteiger partial charge is 0.345 e. The van der Waals surface area contributed by atoms with Crippen LogP contribution in [-0.4, -0.2) is 43.9 Å². The standard InChI is InChI=1S/C11H13N5O2/c17-7-15-3-1-8(2-4-15)16-9-5-12-6-13-10(9)14-11(16)18/h5-8H,1-4H2,(H,12,13,14,18). The molecule has 7 nitrogen and oxygen atoms in total. The van der Waals surface area contributed by atoms with Crippen molar-refractivity contribution in [3.8, 4) is 0 Å². The predicted molar refractivity (Wildman–Crippen MR) is 64.1 cm³/mol. The Hall–Kier alpha value is -2.18. The van der Waals surface area contributed by atoms with Gasteiger partial charge in [-0.25, -0.2) is 14.8 Å². The zero-order valence-electron chi connectivity index (χ0n) is 9.74. The van der Waals surface area contributed by atoms with Crippen molar-refractivity contribution in [3.05, 3.63) is 23.0 Å². The zero-order chi connectivity index (χ0) is 12.5. The number of aromatic nitrogens is 4. The average Bonchev–Trinajstić information content (AvgIpc) is 2.75. The van der Waals surface area contributed by atoms with Crippen LogP contribution in [0.15, 0.2) is 17.3 Å². The third-order valence-corrected chi connectivity index (χ3v) is 3.41. The van der Waals surface area contributed by atoms with Crippen molar-refractivity contribution < 1.29 is 4.79 Å². The molecule has 1 fully saturated rings. The Kier molecular flexibility index (Phi) is 2.58. The van der Waals surface area contributed by atoms with Gasteiger partial charge < -0.3 is 4.90 Å². The van der Waals surface area contributed by atoms with Gasteiger partial charge in [0.05, 0.1) is 6.20 Å². The highest BCUT2D eigenvalue weighted by atomic mass is 16.1. The summed E-state index contributed by atoms with van der Waals surface area (Å²) in [7, 11) is 0. The van der Waals surface area contributed by atoms with Crippen LogP contribution < -0.4 is 5.69 Å². The molecule has 0 atom stereocenters. The van der Waals surface area contributed by atoms with Crippen LogP contribution in [0.25, 0.3) is 11.2 Å². The Morgan fingerprint density at radius 1 is 1.39 bits per heavy atom. The fourth-order valence-electron chi connectivity index (χ4n) is 2.48. The van der Waals surface area contributed by atoms with Crippen LogP contribution in [0.1, 0.15) is 18.9 Å². The molecular formula is C11H13N5O2. The lowest BCUT2D eigenvalue weighted by atomic mass is 10.1. The van der Waals surface area contributed by atoms with Crippen LogP contribution in [0.3, 0.4) is 0 Å². The fourth-order valence-corrected chi connectivity index (χ4v) is 2.48. The average molecular weight is 247 g/mol. The molecule has 1 aliphatic rings. The van der Waals surface area contributed by atoms with Gasteiger partial charge in [0.25, 0.3) is 0 Å². The molecule has 1 saturated heterocycles. The molecule has 1 N–H and O–H groups in total. The number of rotatable bonds is 2. The van der Waals surface area contributed by atoms with Crippen molar-refractivity contribution in [1.29, 1.82) is 0 Å². The van der Waals surface area contributed by atoms with E-state index in [1.165, 1.54) is 6.33 Å². The SMILES string of the molecule is O=CN1CCC(n2c(=O)[nH]c3ncncc32)CC1. The molecule has 94 valence electrons. The van der Waals surface area contributed by atoms with Crippen molar-refractivity contribution in [3.63, 3.8) is 0 Å². The number of piperidine rings is 1. The number of hydrogen-bond acceptors (Lipinski definition) is 4. The van der Waals surface area contributed by atoms with Crippen LogP contribution >= 0.6 is 0 Å². The lowest BCUT2D eigenvalue weighted by molar-refractivity contribution is -0.119. The summed E-state index contributed by atoms with van der Waals surface area (Å²) in [6, 6.07) is 0.105. The summed E-state index contributed by atoms with van der Waals surface area (Å²) in [5.74, 6) is 0. The topological polar surface area (TPSA) is 83.9 Å². The maximum Gasteiger partial charge on any atom is 0.327 e. The minimum Gasteiger partial charge on any atom is -0.345 e. The van der Waals surface area contributed by atoms with E-state index in [2.05, 4.69) is 15.0 Å². The minimum absolute atomic E-state index is 0.105. The Labute approximate surface area is 102 Å². The van der Waals surface area contributed by atoms with Gasteiger partial charge >= 0.3 is 5.69 Å². The minimum atomic E-state index is -0.157. The number of amides is 1. The third-order valence-electron chi connectivity index (χ3n) is 3.41. The van der Waals surface area contributed by atoms with Crippen molar-refractivity contribution in [2.24, 2.45) is 0 Å². The van der Waals surface area contributed by atoms with Gasteiger partial charge in [0.15, 0.2) is 5.65 Å². The van der Waals surface area contributed by atoms with E-state index in [9.17, 15) is 9.59 Å². The number of aromatic amines is 1. The van der Waals surface area contributed by atoms with E-state index in [-0.39, 0.29) is 11.7 Å². The van der Waals surface area contributed by atoms with Crippen LogP contribution in [0.2, 0.25) is 0 Å². The number of carbonyl (C=O) groups excluding carboxylic acids is 1. The van der Waals surface area contributed by atoms with E-state index in [4.69, 9.17) is 0 Å². The smallest absolute Gasteiger partial charge is 0.327 e. The molecule has 0 bridgehead atoms. The first-order chi connectivity index (χ1) is 8.79. The number of likely N-dealkylation sites (tertiary alicyclic amines) is 1. The van der Waals surface area contributed by atoms with Gasteiger partial charge in [-0.3, -0.25) is 14.3 Å².